The van der Waals surface area contributed by atoms with Crippen LogP contribution in [0, 0.1) is 0 Å². The van der Waals surface area contributed by atoms with Gasteiger partial charge in [-0.3, -0.25) is 0 Å². The van der Waals surface area contributed by atoms with Crippen LogP contribution in [0.2, 0.25) is 0 Å². The molecule has 5 heteroatoms. The molecule has 1 heterocycles. The summed E-state index contributed by atoms with van der Waals surface area (Å²) in [5.74, 6) is 5.69. The summed E-state index contributed by atoms with van der Waals surface area (Å²) < 4.78 is 0.952. The van der Waals surface area contributed by atoms with E-state index in [2.05, 4.69) is 11.9 Å². The van der Waals surface area contributed by atoms with Gasteiger partial charge in [0, 0.05) is 0 Å². The summed E-state index contributed by atoms with van der Waals surface area (Å²) in [6.07, 6.45) is 4.08. The smallest absolute Gasteiger partial charge is 0.345 e. The van der Waals surface area contributed by atoms with Crippen molar-refractivity contribution in [2.45, 2.75) is 32.6 Å². The summed E-state index contributed by atoms with van der Waals surface area (Å²) in [7, 11) is 0. The molecule has 0 fully saturated rings. The Hall–Kier alpha value is -1.91. The molecule has 1 aromatic heterocycles. The minimum absolute atomic E-state index is 0.111. The van der Waals surface area contributed by atoms with Gasteiger partial charge in [-0.25, -0.2) is 9.47 Å². The van der Waals surface area contributed by atoms with Gasteiger partial charge in [0.25, 0.3) is 0 Å². The van der Waals surface area contributed by atoms with Gasteiger partial charge < -0.3 is 15.9 Å². The molecule has 2 aromatic rings. The van der Waals surface area contributed by atoms with E-state index in [-0.39, 0.29) is 5.75 Å². The molecule has 0 saturated carbocycles. The highest BCUT2D eigenvalue weighted by Gasteiger charge is 2.12. The molecule has 2 rings (SSSR count). The van der Waals surface area contributed by atoms with E-state index >= 15 is 0 Å². The number of nitrogens with two attached hydrogens (primary N) is 1. The van der Waals surface area contributed by atoms with Crippen molar-refractivity contribution in [1.29, 1.82) is 0 Å². The van der Waals surface area contributed by atoms with Crippen LogP contribution < -0.4 is 11.5 Å². The number of rotatable bonds is 4. The van der Waals surface area contributed by atoms with E-state index in [0.717, 1.165) is 35.9 Å². The number of hydrogen-bond acceptors (Lipinski definition) is 3. The Morgan fingerprint density at radius 2 is 2.18 bits per heavy atom. The summed E-state index contributed by atoms with van der Waals surface area (Å²) >= 11 is 0. The van der Waals surface area contributed by atoms with E-state index in [1.165, 1.54) is 0 Å². The molecule has 0 aliphatic heterocycles. The molecule has 0 spiro atoms. The van der Waals surface area contributed by atoms with Crippen molar-refractivity contribution in [3.8, 4) is 5.75 Å². The second-order valence-corrected chi connectivity index (χ2v) is 4.23. The Morgan fingerprint density at radius 3 is 2.88 bits per heavy atom. The number of fused-ring (bicyclic) bond motifs is 1. The predicted octanol–water partition coefficient (Wildman–Crippen LogP) is 1.48. The van der Waals surface area contributed by atoms with Crippen molar-refractivity contribution in [3.63, 3.8) is 0 Å². The fourth-order valence-electron chi connectivity index (χ4n) is 2.01. The van der Waals surface area contributed by atoms with Gasteiger partial charge in [-0.05, 0) is 24.5 Å². The first-order chi connectivity index (χ1) is 8.15. The van der Waals surface area contributed by atoms with Crippen LogP contribution in [0.4, 0.5) is 0 Å². The lowest BCUT2D eigenvalue weighted by molar-refractivity contribution is 0.470. The number of nitrogens with one attached hydrogen (secondary N) is 1. The van der Waals surface area contributed by atoms with E-state index in [1.807, 2.05) is 6.07 Å². The van der Waals surface area contributed by atoms with Gasteiger partial charge >= 0.3 is 5.69 Å². The topological polar surface area (TPSA) is 84.0 Å². The third-order valence-electron chi connectivity index (χ3n) is 2.99. The molecule has 0 saturated heterocycles. The Labute approximate surface area is 98.8 Å². The minimum atomic E-state index is -0.416. The molecule has 0 bridgehead atoms. The van der Waals surface area contributed by atoms with Crippen molar-refractivity contribution < 1.29 is 5.11 Å². The largest absolute Gasteiger partial charge is 0.505 e. The number of aryl methyl sites for hydroxylation is 1. The maximum absolute atomic E-state index is 11.3. The van der Waals surface area contributed by atoms with Crippen LogP contribution in [0.3, 0.4) is 0 Å². The molecule has 0 aliphatic carbocycles. The Kier molecular flexibility index (Phi) is 3.08. The Balaban J connectivity index is 2.42. The third kappa shape index (κ3) is 2.00. The number of phenolic OH excluding ortho intramolecular Hbond substituents is 1. The summed E-state index contributed by atoms with van der Waals surface area (Å²) in [6, 6.07) is 3.62. The molecule has 0 unspecified atom stereocenters. The molecular formula is C12H17N3O2. The average Bonchev–Trinajstić information content (AvgIpc) is 2.59. The first kappa shape index (κ1) is 11.6. The molecule has 1 aromatic carbocycles. The van der Waals surface area contributed by atoms with Gasteiger partial charge in [-0.2, -0.15) is 0 Å². The fourth-order valence-corrected chi connectivity index (χ4v) is 2.01. The highest BCUT2D eigenvalue weighted by atomic mass is 16.3. The lowest BCUT2D eigenvalue weighted by Crippen LogP contribution is -2.23. The third-order valence-corrected chi connectivity index (χ3v) is 2.99. The minimum Gasteiger partial charge on any atom is -0.505 e. The Morgan fingerprint density at radius 1 is 1.41 bits per heavy atom. The van der Waals surface area contributed by atoms with E-state index < -0.39 is 5.69 Å². The van der Waals surface area contributed by atoms with Crippen LogP contribution in [0.5, 0.6) is 5.75 Å². The van der Waals surface area contributed by atoms with E-state index in [1.54, 1.807) is 6.07 Å². The summed E-state index contributed by atoms with van der Waals surface area (Å²) in [4.78, 5) is 13.9. The second kappa shape index (κ2) is 4.53. The monoisotopic (exact) mass is 235 g/mol. The van der Waals surface area contributed by atoms with Gasteiger partial charge in [0.2, 0.25) is 0 Å². The number of aromatic hydroxyl groups is 1. The highest BCUT2D eigenvalue weighted by molar-refractivity contribution is 5.83. The highest BCUT2D eigenvalue weighted by Crippen LogP contribution is 2.27. The zero-order chi connectivity index (χ0) is 12.4. The van der Waals surface area contributed by atoms with Crippen molar-refractivity contribution >= 4 is 11.0 Å². The Bertz CT molecular complexity index is 583. The zero-order valence-corrected chi connectivity index (χ0v) is 9.86. The van der Waals surface area contributed by atoms with E-state index in [4.69, 9.17) is 5.84 Å². The molecule has 5 nitrogen and oxygen atoms in total. The number of nitrogens with zero attached hydrogens (tertiary/aromatic N) is 1. The van der Waals surface area contributed by atoms with Crippen LogP contribution in [0.15, 0.2) is 16.9 Å². The second-order valence-electron chi connectivity index (χ2n) is 4.23. The molecule has 0 amide bonds. The normalized spacial score (nSPS) is 11.1. The predicted molar refractivity (Wildman–Crippen MR) is 67.6 cm³/mol. The van der Waals surface area contributed by atoms with Gasteiger partial charge in [0.1, 0.15) is 11.3 Å². The van der Waals surface area contributed by atoms with Gasteiger partial charge in [-0.1, -0.05) is 25.8 Å². The lowest BCUT2D eigenvalue weighted by atomic mass is 10.1. The van der Waals surface area contributed by atoms with Gasteiger partial charge in [-0.15, -0.1) is 0 Å². The van der Waals surface area contributed by atoms with E-state index in [9.17, 15) is 9.90 Å². The number of H-pyrrole nitrogens is 1. The molecular weight excluding hydrogens is 218 g/mol. The maximum atomic E-state index is 11.3. The number of imidazole rings is 1. The van der Waals surface area contributed by atoms with Crippen LogP contribution in [-0.2, 0) is 6.42 Å². The fraction of sp³-hybridized carbons (Fsp3) is 0.417. The van der Waals surface area contributed by atoms with E-state index in [0.29, 0.717) is 11.0 Å². The number of aromatic amines is 1. The van der Waals surface area contributed by atoms with Gasteiger partial charge in [0.05, 0.1) is 5.52 Å². The molecule has 4 N–H and O–H groups in total. The number of unbranched alkanes of at least 4 members (excludes halogenated alkanes) is 2. The number of nitrogen functional groups attached to an aromatic ring is 1. The number of aromatic nitrogens is 2. The lowest BCUT2D eigenvalue weighted by Gasteiger charge is -2.05. The quantitative estimate of drug-likeness (QED) is 0.554. The van der Waals surface area contributed by atoms with Crippen LogP contribution in [0.25, 0.3) is 11.0 Å². The van der Waals surface area contributed by atoms with Crippen molar-refractivity contribution in [2.24, 2.45) is 0 Å². The van der Waals surface area contributed by atoms with Crippen LogP contribution in [0.1, 0.15) is 31.7 Å². The summed E-state index contributed by atoms with van der Waals surface area (Å²) in [5, 5.41) is 10.1. The molecule has 92 valence electrons. The van der Waals surface area contributed by atoms with Gasteiger partial charge in [0.15, 0.2) is 0 Å². The van der Waals surface area contributed by atoms with Crippen molar-refractivity contribution in [1.82, 2.24) is 9.66 Å². The number of hydrogen-bond donors (Lipinski definition) is 3. The first-order valence-electron chi connectivity index (χ1n) is 5.85. The zero-order valence-electron chi connectivity index (χ0n) is 9.86. The standard InChI is InChI=1S/C12H17N3O2/c1-2-3-4-5-8-6-7-9-10(11(8)16)15(13)12(17)14-9/h6-7,16H,2-5,13H2,1H3,(H,14,17). The number of benzene rings is 1. The van der Waals surface area contributed by atoms with Crippen molar-refractivity contribution in [2.75, 3.05) is 5.84 Å². The summed E-state index contributed by atoms with van der Waals surface area (Å²) in [6.45, 7) is 2.13. The SMILES string of the molecule is CCCCCc1ccc2[nH]c(=O)n(N)c2c1O. The average molecular weight is 235 g/mol. The molecule has 0 aliphatic rings. The molecule has 17 heavy (non-hydrogen) atoms. The first-order valence-corrected chi connectivity index (χ1v) is 5.85. The number of phenols is 1. The maximum Gasteiger partial charge on any atom is 0.345 e. The van der Waals surface area contributed by atoms with Crippen LogP contribution >= 0.6 is 0 Å². The molecule has 0 radical (unpaired) electrons. The van der Waals surface area contributed by atoms with Crippen LogP contribution in [-0.4, -0.2) is 14.8 Å². The molecule has 0 atom stereocenters. The van der Waals surface area contributed by atoms with Crippen molar-refractivity contribution in [3.05, 3.63) is 28.2 Å². The summed E-state index contributed by atoms with van der Waals surface area (Å²) in [5.41, 5.74) is 1.36.